The first-order valence-electron chi connectivity index (χ1n) is 16.9. The van der Waals surface area contributed by atoms with Crippen LogP contribution in [0.3, 0.4) is 0 Å². The molecule has 2 aliphatic heterocycles. The van der Waals surface area contributed by atoms with Gasteiger partial charge in [-0.25, -0.2) is 9.98 Å². The lowest BCUT2D eigenvalue weighted by molar-refractivity contribution is 0.235. The normalized spacial score (nSPS) is 19.5. The number of ether oxygens (including phenoxy) is 3. The number of benzene rings is 3. The summed E-state index contributed by atoms with van der Waals surface area (Å²) >= 11 is 0. The van der Waals surface area contributed by atoms with Gasteiger partial charge in [-0.3, -0.25) is 0 Å². The summed E-state index contributed by atoms with van der Waals surface area (Å²) in [6.07, 6.45) is 0. The van der Waals surface area contributed by atoms with Gasteiger partial charge in [-0.15, -0.1) is 0 Å². The van der Waals surface area contributed by atoms with Gasteiger partial charge < -0.3 is 14.2 Å². The van der Waals surface area contributed by atoms with Gasteiger partial charge in [0.1, 0.15) is 19.0 Å². The van der Waals surface area contributed by atoms with Gasteiger partial charge in [-0.05, 0) is 69.8 Å². The molecule has 6 heteroatoms. The van der Waals surface area contributed by atoms with Gasteiger partial charge in [0.25, 0.3) is 0 Å². The fourth-order valence-corrected chi connectivity index (χ4v) is 8.74. The molecule has 0 radical (unpaired) electrons. The van der Waals surface area contributed by atoms with Crippen LogP contribution in [0.4, 0.5) is 0 Å². The summed E-state index contributed by atoms with van der Waals surface area (Å²) in [5, 5.41) is 3.67. The third-order valence-electron chi connectivity index (χ3n) is 9.20. The maximum Gasteiger partial charge on any atom is 0.217 e. The second-order valence-electron chi connectivity index (χ2n) is 17.2. The standard InChI is InChI=1S/C41H55N2O3P/c1-38(2,3)29-22-26(23-30(35(29)44-13)39(4,5)6)47(31-20-16-14-18-27(31)36-42-33(24-45-36)40(7,8)9)32-21-17-15-19-28(32)37-43-34(25-46-37)41(10,11)12/h14-23,33-34H,24-25H2,1-13H3. The van der Waals surface area contributed by atoms with Crippen molar-refractivity contribution in [2.45, 2.75) is 106 Å². The lowest BCUT2D eigenvalue weighted by Crippen LogP contribution is -2.31. The van der Waals surface area contributed by atoms with Crippen LogP contribution in [0.25, 0.3) is 0 Å². The summed E-state index contributed by atoms with van der Waals surface area (Å²) < 4.78 is 19.0. The summed E-state index contributed by atoms with van der Waals surface area (Å²) in [6.45, 7) is 28.2. The lowest BCUT2D eigenvalue weighted by Gasteiger charge is -2.32. The monoisotopic (exact) mass is 654 g/mol. The van der Waals surface area contributed by atoms with Crippen LogP contribution >= 0.6 is 7.92 Å². The zero-order valence-corrected chi connectivity index (χ0v) is 31.8. The Balaban J connectivity index is 1.83. The van der Waals surface area contributed by atoms with Gasteiger partial charge in [0.15, 0.2) is 0 Å². The molecule has 0 saturated heterocycles. The van der Waals surface area contributed by atoms with E-state index in [4.69, 9.17) is 24.2 Å². The molecule has 252 valence electrons. The number of hydrogen-bond donors (Lipinski definition) is 0. The Bertz CT molecular complexity index is 1560. The highest BCUT2D eigenvalue weighted by Gasteiger charge is 2.37. The Hall–Kier alpha value is -3.17. The minimum absolute atomic E-state index is 0.00871. The predicted molar refractivity (Wildman–Crippen MR) is 201 cm³/mol. The predicted octanol–water partition coefficient (Wildman–Crippen LogP) is 8.43. The molecule has 0 aliphatic carbocycles. The minimum atomic E-state index is -1.13. The van der Waals surface area contributed by atoms with Crippen molar-refractivity contribution < 1.29 is 14.2 Å². The molecule has 0 aromatic heterocycles. The van der Waals surface area contributed by atoms with Crippen molar-refractivity contribution in [3.8, 4) is 5.75 Å². The molecule has 0 saturated carbocycles. The molecular weight excluding hydrogens is 599 g/mol. The molecule has 3 aromatic rings. The molecule has 2 heterocycles. The summed E-state index contributed by atoms with van der Waals surface area (Å²) in [4.78, 5) is 10.3. The van der Waals surface area contributed by atoms with E-state index in [9.17, 15) is 0 Å². The highest BCUT2D eigenvalue weighted by Crippen LogP contribution is 2.44. The van der Waals surface area contributed by atoms with Crippen molar-refractivity contribution in [2.75, 3.05) is 20.3 Å². The second-order valence-corrected chi connectivity index (χ2v) is 19.3. The van der Waals surface area contributed by atoms with Crippen molar-refractivity contribution in [3.05, 3.63) is 82.9 Å². The zero-order valence-electron chi connectivity index (χ0n) is 30.9. The molecule has 0 spiro atoms. The first-order valence-corrected chi connectivity index (χ1v) is 18.3. The average molecular weight is 655 g/mol. The average Bonchev–Trinajstić information content (AvgIpc) is 3.68. The minimum Gasteiger partial charge on any atom is -0.496 e. The Labute approximate surface area is 285 Å². The molecule has 47 heavy (non-hydrogen) atoms. The van der Waals surface area contributed by atoms with Crippen LogP contribution < -0.4 is 20.7 Å². The molecule has 3 aromatic carbocycles. The summed E-state index contributed by atoms with van der Waals surface area (Å²) in [5.74, 6) is 2.43. The summed E-state index contributed by atoms with van der Waals surface area (Å²) in [6, 6.07) is 22.3. The summed E-state index contributed by atoms with van der Waals surface area (Å²) in [5.41, 5.74) is 4.24. The van der Waals surface area contributed by atoms with Crippen LogP contribution in [0.2, 0.25) is 0 Å². The molecule has 5 nitrogen and oxygen atoms in total. The SMILES string of the molecule is COc1c(C(C)(C)C)cc(P(c2ccccc2C2=NC(C(C)(C)C)CO2)c2ccccc2C2=NC(C(C)(C)C)CO2)cc1C(C)(C)C. The van der Waals surface area contributed by atoms with E-state index in [1.165, 1.54) is 27.0 Å². The van der Waals surface area contributed by atoms with Crippen LogP contribution in [0, 0.1) is 10.8 Å². The fraction of sp³-hybridized carbons (Fsp3) is 0.512. The van der Waals surface area contributed by atoms with Gasteiger partial charge in [0, 0.05) is 22.3 Å². The molecular formula is C41H55N2O3P. The van der Waals surface area contributed by atoms with Crippen molar-refractivity contribution >= 4 is 35.6 Å². The number of hydrogen-bond acceptors (Lipinski definition) is 5. The molecule has 2 atom stereocenters. The van der Waals surface area contributed by atoms with Gasteiger partial charge >= 0.3 is 0 Å². The van der Waals surface area contributed by atoms with Crippen molar-refractivity contribution in [1.29, 1.82) is 0 Å². The molecule has 0 amide bonds. The highest BCUT2D eigenvalue weighted by atomic mass is 31.1. The van der Waals surface area contributed by atoms with Crippen LogP contribution in [0.1, 0.15) is 105 Å². The third kappa shape index (κ3) is 7.31. The largest absolute Gasteiger partial charge is 0.496 e. The van der Waals surface area contributed by atoms with Gasteiger partial charge in [-0.2, -0.15) is 0 Å². The molecule has 2 unspecified atom stereocenters. The van der Waals surface area contributed by atoms with E-state index in [2.05, 4.69) is 144 Å². The Kier molecular flexibility index (Phi) is 9.49. The van der Waals surface area contributed by atoms with E-state index in [-0.39, 0.29) is 33.7 Å². The van der Waals surface area contributed by atoms with E-state index in [0.29, 0.717) is 13.2 Å². The Morgan fingerprint density at radius 3 is 1.32 bits per heavy atom. The molecule has 5 rings (SSSR count). The number of nitrogens with zero attached hydrogens (tertiary/aromatic N) is 2. The lowest BCUT2D eigenvalue weighted by atomic mass is 9.79. The van der Waals surface area contributed by atoms with Crippen molar-refractivity contribution in [1.82, 2.24) is 0 Å². The van der Waals surface area contributed by atoms with Gasteiger partial charge in [0.2, 0.25) is 11.8 Å². The maximum absolute atomic E-state index is 6.41. The first kappa shape index (κ1) is 35.1. The van der Waals surface area contributed by atoms with Crippen LogP contribution in [-0.2, 0) is 20.3 Å². The second kappa shape index (κ2) is 12.7. The van der Waals surface area contributed by atoms with Crippen LogP contribution in [-0.4, -0.2) is 44.2 Å². The Morgan fingerprint density at radius 2 is 1.00 bits per heavy atom. The maximum atomic E-state index is 6.41. The molecule has 0 fully saturated rings. The Morgan fingerprint density at radius 1 is 0.617 bits per heavy atom. The number of aliphatic imine (C=N–C) groups is 2. The number of methoxy groups -OCH3 is 1. The van der Waals surface area contributed by atoms with E-state index >= 15 is 0 Å². The first-order chi connectivity index (χ1) is 21.8. The topological polar surface area (TPSA) is 52.4 Å². The van der Waals surface area contributed by atoms with Gasteiger partial charge in [0.05, 0.1) is 19.2 Å². The molecule has 2 aliphatic rings. The van der Waals surface area contributed by atoms with Crippen LogP contribution in [0.5, 0.6) is 5.75 Å². The van der Waals surface area contributed by atoms with E-state index < -0.39 is 7.92 Å². The van der Waals surface area contributed by atoms with Gasteiger partial charge in [-0.1, -0.05) is 119 Å². The van der Waals surface area contributed by atoms with Crippen molar-refractivity contribution in [3.63, 3.8) is 0 Å². The van der Waals surface area contributed by atoms with E-state index in [0.717, 1.165) is 28.7 Å². The quantitative estimate of drug-likeness (QED) is 0.251. The zero-order chi connectivity index (χ0) is 34.5. The smallest absolute Gasteiger partial charge is 0.217 e. The van der Waals surface area contributed by atoms with Crippen molar-refractivity contribution in [2.24, 2.45) is 20.8 Å². The number of rotatable bonds is 6. The molecule has 0 bridgehead atoms. The highest BCUT2D eigenvalue weighted by molar-refractivity contribution is 7.80. The van der Waals surface area contributed by atoms with E-state index in [1.54, 1.807) is 7.11 Å². The fourth-order valence-electron chi connectivity index (χ4n) is 6.11. The molecule has 0 N–H and O–H groups in total. The third-order valence-corrected chi connectivity index (χ3v) is 11.7. The van der Waals surface area contributed by atoms with Crippen LogP contribution in [0.15, 0.2) is 70.6 Å². The summed E-state index contributed by atoms with van der Waals surface area (Å²) in [7, 11) is 0.675. The van der Waals surface area contributed by atoms with E-state index in [1.807, 2.05) is 0 Å².